The highest BCUT2D eigenvalue weighted by molar-refractivity contribution is 5.77. The molecule has 0 aromatic heterocycles. The van der Waals surface area contributed by atoms with E-state index in [1.807, 2.05) is 20.8 Å². The lowest BCUT2D eigenvalue weighted by Gasteiger charge is -2.17. The summed E-state index contributed by atoms with van der Waals surface area (Å²) in [5.41, 5.74) is 0. The standard InChI is InChI=1S/C12H23NO4/c1-8(2)10(12(15)16)6-13-11(14)5-9(3)7-17-4/h8-10H,5-7H2,1-4H3,(H,13,14)(H,15,16). The normalized spacial score (nSPS) is 14.4. The largest absolute Gasteiger partial charge is 0.481 e. The summed E-state index contributed by atoms with van der Waals surface area (Å²) < 4.78 is 4.93. The Kier molecular flexibility index (Phi) is 7.54. The number of carboxylic acid groups (broad SMARTS) is 1. The van der Waals surface area contributed by atoms with Gasteiger partial charge < -0.3 is 15.2 Å². The molecule has 2 N–H and O–H groups in total. The number of carbonyl (C=O) groups excluding carboxylic acids is 1. The zero-order valence-electron chi connectivity index (χ0n) is 11.0. The number of carboxylic acids is 1. The fourth-order valence-electron chi connectivity index (χ4n) is 1.56. The first kappa shape index (κ1) is 15.9. The Morgan fingerprint density at radius 1 is 1.29 bits per heavy atom. The number of ether oxygens (including phenoxy) is 1. The van der Waals surface area contributed by atoms with Crippen LogP contribution in [0, 0.1) is 17.8 Å². The molecule has 0 aliphatic heterocycles. The number of carbonyl (C=O) groups is 2. The quantitative estimate of drug-likeness (QED) is 0.672. The minimum atomic E-state index is -0.870. The molecule has 0 radical (unpaired) electrons. The average Bonchev–Trinajstić information content (AvgIpc) is 2.16. The van der Waals surface area contributed by atoms with Gasteiger partial charge in [0.15, 0.2) is 0 Å². The van der Waals surface area contributed by atoms with Gasteiger partial charge >= 0.3 is 5.97 Å². The van der Waals surface area contributed by atoms with E-state index < -0.39 is 11.9 Å². The van der Waals surface area contributed by atoms with Gasteiger partial charge in [0.25, 0.3) is 0 Å². The Morgan fingerprint density at radius 3 is 2.29 bits per heavy atom. The second kappa shape index (κ2) is 8.06. The maximum absolute atomic E-state index is 11.5. The number of amides is 1. The third kappa shape index (κ3) is 6.94. The molecule has 0 aliphatic rings. The lowest BCUT2D eigenvalue weighted by Crippen LogP contribution is -2.36. The molecular formula is C12H23NO4. The molecular weight excluding hydrogens is 222 g/mol. The van der Waals surface area contributed by atoms with Gasteiger partial charge in [0, 0.05) is 26.7 Å². The number of aliphatic carboxylic acids is 1. The molecule has 0 aliphatic carbocycles. The van der Waals surface area contributed by atoms with Gasteiger partial charge in [-0.1, -0.05) is 20.8 Å². The second-order valence-electron chi connectivity index (χ2n) is 4.76. The maximum atomic E-state index is 11.5. The van der Waals surface area contributed by atoms with E-state index in [-0.39, 0.29) is 24.3 Å². The number of hydrogen-bond acceptors (Lipinski definition) is 3. The lowest BCUT2D eigenvalue weighted by molar-refractivity contribution is -0.143. The van der Waals surface area contributed by atoms with E-state index in [4.69, 9.17) is 9.84 Å². The molecule has 0 heterocycles. The summed E-state index contributed by atoms with van der Waals surface area (Å²) in [5, 5.41) is 11.6. The maximum Gasteiger partial charge on any atom is 0.308 e. The molecule has 0 saturated carbocycles. The summed E-state index contributed by atoms with van der Waals surface area (Å²) in [5.74, 6) is -1.38. The molecule has 5 nitrogen and oxygen atoms in total. The third-order valence-corrected chi connectivity index (χ3v) is 2.63. The molecule has 0 fully saturated rings. The minimum Gasteiger partial charge on any atom is -0.481 e. The van der Waals surface area contributed by atoms with Crippen molar-refractivity contribution in [2.24, 2.45) is 17.8 Å². The number of hydrogen-bond donors (Lipinski definition) is 2. The van der Waals surface area contributed by atoms with Crippen LogP contribution in [0.25, 0.3) is 0 Å². The monoisotopic (exact) mass is 245 g/mol. The van der Waals surface area contributed by atoms with Crippen molar-refractivity contribution < 1.29 is 19.4 Å². The average molecular weight is 245 g/mol. The first-order valence-corrected chi connectivity index (χ1v) is 5.86. The predicted octanol–water partition coefficient (Wildman–Crippen LogP) is 1.13. The highest BCUT2D eigenvalue weighted by Crippen LogP contribution is 2.10. The molecule has 2 atom stereocenters. The van der Waals surface area contributed by atoms with Crippen LogP contribution in [0.15, 0.2) is 0 Å². The summed E-state index contributed by atoms with van der Waals surface area (Å²) in [6, 6.07) is 0. The van der Waals surface area contributed by atoms with Crippen molar-refractivity contribution in [3.8, 4) is 0 Å². The van der Waals surface area contributed by atoms with Crippen LogP contribution in [0.5, 0.6) is 0 Å². The van der Waals surface area contributed by atoms with Crippen LogP contribution in [0.1, 0.15) is 27.2 Å². The van der Waals surface area contributed by atoms with Gasteiger partial charge in [-0.2, -0.15) is 0 Å². The Bertz CT molecular complexity index is 253. The Labute approximate surface area is 103 Å². The summed E-state index contributed by atoms with van der Waals surface area (Å²) in [6.45, 7) is 6.29. The summed E-state index contributed by atoms with van der Waals surface area (Å²) in [7, 11) is 1.59. The van der Waals surface area contributed by atoms with Crippen molar-refractivity contribution in [2.75, 3.05) is 20.3 Å². The van der Waals surface area contributed by atoms with Crippen LogP contribution in [-0.2, 0) is 14.3 Å². The van der Waals surface area contributed by atoms with Gasteiger partial charge in [-0.15, -0.1) is 0 Å². The van der Waals surface area contributed by atoms with Crippen molar-refractivity contribution >= 4 is 11.9 Å². The van der Waals surface area contributed by atoms with Gasteiger partial charge in [0.1, 0.15) is 0 Å². The van der Waals surface area contributed by atoms with Gasteiger partial charge in [0.05, 0.1) is 5.92 Å². The zero-order valence-corrected chi connectivity index (χ0v) is 11.0. The molecule has 0 saturated heterocycles. The third-order valence-electron chi connectivity index (χ3n) is 2.63. The number of nitrogens with one attached hydrogen (secondary N) is 1. The molecule has 5 heteroatoms. The molecule has 1 amide bonds. The first-order chi connectivity index (χ1) is 7.88. The van der Waals surface area contributed by atoms with Crippen molar-refractivity contribution in [3.05, 3.63) is 0 Å². The highest BCUT2D eigenvalue weighted by Gasteiger charge is 2.22. The SMILES string of the molecule is COCC(C)CC(=O)NCC(C(=O)O)C(C)C. The van der Waals surface area contributed by atoms with E-state index >= 15 is 0 Å². The topological polar surface area (TPSA) is 75.6 Å². The van der Waals surface area contributed by atoms with E-state index in [0.717, 1.165) is 0 Å². The fourth-order valence-corrected chi connectivity index (χ4v) is 1.56. The van der Waals surface area contributed by atoms with Gasteiger partial charge in [-0.05, 0) is 11.8 Å². The molecule has 0 spiro atoms. The predicted molar refractivity (Wildman–Crippen MR) is 64.6 cm³/mol. The first-order valence-electron chi connectivity index (χ1n) is 5.86. The summed E-state index contributed by atoms with van der Waals surface area (Å²) in [6.07, 6.45) is 0.359. The van der Waals surface area contributed by atoms with Crippen LogP contribution in [-0.4, -0.2) is 37.2 Å². The van der Waals surface area contributed by atoms with E-state index in [1.165, 1.54) is 0 Å². The van der Waals surface area contributed by atoms with Crippen molar-refractivity contribution in [2.45, 2.75) is 27.2 Å². The molecule has 17 heavy (non-hydrogen) atoms. The van der Waals surface area contributed by atoms with Crippen molar-refractivity contribution in [3.63, 3.8) is 0 Å². The van der Waals surface area contributed by atoms with Crippen LogP contribution in [0.4, 0.5) is 0 Å². The van der Waals surface area contributed by atoms with Crippen molar-refractivity contribution in [1.82, 2.24) is 5.32 Å². The van der Waals surface area contributed by atoms with Gasteiger partial charge in [-0.25, -0.2) is 0 Å². The Balaban J connectivity index is 4.01. The van der Waals surface area contributed by atoms with Crippen molar-refractivity contribution in [1.29, 1.82) is 0 Å². The Morgan fingerprint density at radius 2 is 1.88 bits per heavy atom. The van der Waals surface area contributed by atoms with Crippen LogP contribution in [0.3, 0.4) is 0 Å². The second-order valence-corrected chi connectivity index (χ2v) is 4.76. The molecule has 0 aromatic rings. The summed E-state index contributed by atoms with van der Waals surface area (Å²) >= 11 is 0. The molecule has 0 rings (SSSR count). The smallest absolute Gasteiger partial charge is 0.308 e. The lowest BCUT2D eigenvalue weighted by atomic mass is 9.96. The van der Waals surface area contributed by atoms with E-state index in [1.54, 1.807) is 7.11 Å². The molecule has 100 valence electrons. The highest BCUT2D eigenvalue weighted by atomic mass is 16.5. The van der Waals surface area contributed by atoms with E-state index in [2.05, 4.69) is 5.32 Å². The molecule has 2 unspecified atom stereocenters. The molecule has 0 bridgehead atoms. The Hall–Kier alpha value is -1.10. The van der Waals surface area contributed by atoms with E-state index in [0.29, 0.717) is 13.0 Å². The zero-order chi connectivity index (χ0) is 13.4. The van der Waals surface area contributed by atoms with Crippen LogP contribution >= 0.6 is 0 Å². The van der Waals surface area contributed by atoms with Gasteiger partial charge in [-0.3, -0.25) is 9.59 Å². The molecule has 0 aromatic carbocycles. The van der Waals surface area contributed by atoms with Crippen LogP contribution < -0.4 is 5.32 Å². The van der Waals surface area contributed by atoms with Gasteiger partial charge in [0.2, 0.25) is 5.91 Å². The minimum absolute atomic E-state index is 0.00389. The van der Waals surface area contributed by atoms with E-state index in [9.17, 15) is 9.59 Å². The number of rotatable bonds is 8. The van der Waals surface area contributed by atoms with Crippen LogP contribution in [0.2, 0.25) is 0 Å². The number of methoxy groups -OCH3 is 1. The fraction of sp³-hybridized carbons (Fsp3) is 0.833. The summed E-state index contributed by atoms with van der Waals surface area (Å²) in [4.78, 5) is 22.4.